The van der Waals surface area contributed by atoms with Crippen molar-refractivity contribution in [3.8, 4) is 0 Å². The number of amides is 1. The Balaban J connectivity index is 1.77. The Bertz CT molecular complexity index is 1240. The molecule has 2 aromatic heterocycles. The molecule has 2 aromatic carbocycles. The van der Waals surface area contributed by atoms with Crippen LogP contribution in [-0.4, -0.2) is 21.2 Å². The summed E-state index contributed by atoms with van der Waals surface area (Å²) in [5.41, 5.74) is 1.90. The van der Waals surface area contributed by atoms with Crippen molar-refractivity contribution in [3.63, 3.8) is 0 Å². The number of nitrogens with zero attached hydrogens (tertiary/aromatic N) is 1. The molecule has 0 saturated heterocycles. The van der Waals surface area contributed by atoms with E-state index < -0.39 is 17.5 Å². The third kappa shape index (κ3) is 2.77. The molecule has 2 N–H and O–H groups in total. The van der Waals surface area contributed by atoms with Gasteiger partial charge in [-0.1, -0.05) is 0 Å². The van der Waals surface area contributed by atoms with Crippen molar-refractivity contribution in [2.45, 2.75) is 6.92 Å². The molecule has 0 bridgehead atoms. The van der Waals surface area contributed by atoms with Crippen molar-refractivity contribution in [2.75, 3.05) is 5.32 Å². The van der Waals surface area contributed by atoms with Gasteiger partial charge in [-0.3, -0.25) is 9.59 Å². The summed E-state index contributed by atoms with van der Waals surface area (Å²) in [6.45, 7) is 1.29. The van der Waals surface area contributed by atoms with Crippen molar-refractivity contribution in [1.82, 2.24) is 9.55 Å². The number of nitrogens with one attached hydrogen (secondary N) is 2. The Hall–Kier alpha value is -3.48. The summed E-state index contributed by atoms with van der Waals surface area (Å²) in [5, 5.41) is 3.66. The van der Waals surface area contributed by atoms with Gasteiger partial charge in [0.15, 0.2) is 5.78 Å². The number of hydrogen-bond donors (Lipinski definition) is 2. The molecule has 0 saturated carbocycles. The zero-order valence-electron chi connectivity index (χ0n) is 14.6. The van der Waals surface area contributed by atoms with Crippen LogP contribution in [0.2, 0.25) is 0 Å². The van der Waals surface area contributed by atoms with Crippen LogP contribution in [0.5, 0.6) is 0 Å². The highest BCUT2D eigenvalue weighted by atomic mass is 19.1. The van der Waals surface area contributed by atoms with Crippen LogP contribution in [0, 0.1) is 11.6 Å². The van der Waals surface area contributed by atoms with Crippen molar-refractivity contribution >= 4 is 39.2 Å². The Kier molecular flexibility index (Phi) is 3.80. The minimum Gasteiger partial charge on any atom is -0.359 e. The molecule has 7 heteroatoms. The zero-order valence-corrected chi connectivity index (χ0v) is 14.6. The van der Waals surface area contributed by atoms with E-state index in [9.17, 15) is 18.4 Å². The summed E-state index contributed by atoms with van der Waals surface area (Å²) in [7, 11) is 1.71. The number of Topliss-reactive ketones (excluding diaryl/α,β-unsaturated/α-hetero) is 1. The lowest BCUT2D eigenvalue weighted by Crippen LogP contribution is -2.11. The molecule has 4 aromatic rings. The average Bonchev–Trinajstić information content (AvgIpc) is 3.15. The minimum atomic E-state index is -0.676. The van der Waals surface area contributed by atoms with Crippen molar-refractivity contribution in [2.24, 2.45) is 7.05 Å². The Morgan fingerprint density at radius 3 is 2.59 bits per heavy atom. The van der Waals surface area contributed by atoms with Gasteiger partial charge in [-0.25, -0.2) is 8.78 Å². The Morgan fingerprint density at radius 1 is 1.07 bits per heavy atom. The van der Waals surface area contributed by atoms with Crippen molar-refractivity contribution < 1.29 is 18.4 Å². The number of aromatic amines is 1. The number of halogens is 2. The van der Waals surface area contributed by atoms with E-state index in [2.05, 4.69) is 10.3 Å². The number of benzene rings is 2. The quantitative estimate of drug-likeness (QED) is 0.527. The van der Waals surface area contributed by atoms with Gasteiger partial charge >= 0.3 is 0 Å². The van der Waals surface area contributed by atoms with Crippen LogP contribution in [0.1, 0.15) is 27.6 Å². The molecule has 0 radical (unpaired) electrons. The van der Waals surface area contributed by atoms with E-state index in [0.717, 1.165) is 0 Å². The van der Waals surface area contributed by atoms with Gasteiger partial charge in [0.1, 0.15) is 11.6 Å². The molecular formula is C20H15F2N3O2. The molecule has 27 heavy (non-hydrogen) atoms. The second kappa shape index (κ2) is 6.05. The molecule has 5 nitrogen and oxygen atoms in total. The third-order valence-electron chi connectivity index (χ3n) is 4.59. The number of carbonyl (C=O) groups excluding carboxylic acids is 2. The van der Waals surface area contributed by atoms with Crippen LogP contribution >= 0.6 is 0 Å². The van der Waals surface area contributed by atoms with E-state index in [0.29, 0.717) is 27.5 Å². The minimum absolute atomic E-state index is 0.0252. The maximum atomic E-state index is 14.2. The first kappa shape index (κ1) is 17.0. The molecule has 0 aliphatic rings. The summed E-state index contributed by atoms with van der Waals surface area (Å²) in [5.74, 6) is -1.94. The van der Waals surface area contributed by atoms with E-state index >= 15 is 0 Å². The van der Waals surface area contributed by atoms with E-state index in [1.54, 1.807) is 30.1 Å². The van der Waals surface area contributed by atoms with Crippen molar-refractivity contribution in [1.29, 1.82) is 0 Å². The number of aromatic nitrogens is 2. The van der Waals surface area contributed by atoms with Crippen molar-refractivity contribution in [3.05, 3.63) is 65.5 Å². The van der Waals surface area contributed by atoms with E-state index in [-0.39, 0.29) is 16.9 Å². The lowest BCUT2D eigenvalue weighted by atomic mass is 10.1. The third-order valence-corrected chi connectivity index (χ3v) is 4.59. The first-order chi connectivity index (χ1) is 12.8. The van der Waals surface area contributed by atoms with Gasteiger partial charge in [0.2, 0.25) is 0 Å². The maximum Gasteiger partial charge on any atom is 0.257 e. The van der Waals surface area contributed by atoms with Crippen LogP contribution in [0.3, 0.4) is 0 Å². The van der Waals surface area contributed by atoms with Crippen LogP contribution < -0.4 is 5.32 Å². The fraction of sp³-hybridized carbons (Fsp3) is 0.100. The summed E-state index contributed by atoms with van der Waals surface area (Å²) >= 11 is 0. The molecule has 0 aliphatic heterocycles. The van der Waals surface area contributed by atoms with Crippen LogP contribution in [0.25, 0.3) is 21.8 Å². The van der Waals surface area contributed by atoms with Gasteiger partial charge in [0, 0.05) is 41.2 Å². The van der Waals surface area contributed by atoms with Gasteiger partial charge in [-0.05, 0) is 37.3 Å². The highest BCUT2D eigenvalue weighted by Gasteiger charge is 2.19. The number of rotatable bonds is 3. The predicted molar refractivity (Wildman–Crippen MR) is 99.1 cm³/mol. The second-order valence-corrected chi connectivity index (χ2v) is 6.41. The van der Waals surface area contributed by atoms with Gasteiger partial charge in [-0.15, -0.1) is 0 Å². The normalized spacial score (nSPS) is 11.3. The van der Waals surface area contributed by atoms with Crippen LogP contribution in [-0.2, 0) is 7.05 Å². The lowest BCUT2D eigenvalue weighted by molar-refractivity contribution is 0.101. The number of hydrogen-bond acceptors (Lipinski definition) is 2. The van der Waals surface area contributed by atoms with Gasteiger partial charge in [-0.2, -0.15) is 0 Å². The first-order valence-electron chi connectivity index (χ1n) is 8.22. The molecule has 0 fully saturated rings. The summed E-state index contributed by atoms with van der Waals surface area (Å²) < 4.78 is 29.4. The first-order valence-corrected chi connectivity index (χ1v) is 8.22. The fourth-order valence-corrected chi connectivity index (χ4v) is 3.24. The SMILES string of the molecule is CC(=O)c1cc2c(cc1F)c(C(=O)Nc1c[nH]c3ccc(F)cc13)cn2C. The Labute approximate surface area is 152 Å². The summed E-state index contributed by atoms with van der Waals surface area (Å²) in [6, 6.07) is 6.85. The molecule has 4 rings (SSSR count). The second-order valence-electron chi connectivity index (χ2n) is 6.41. The van der Waals surface area contributed by atoms with E-state index in [4.69, 9.17) is 0 Å². The van der Waals surface area contributed by atoms with Gasteiger partial charge < -0.3 is 14.9 Å². The Morgan fingerprint density at radius 2 is 1.85 bits per heavy atom. The largest absolute Gasteiger partial charge is 0.359 e. The highest BCUT2D eigenvalue weighted by Crippen LogP contribution is 2.28. The van der Waals surface area contributed by atoms with Gasteiger partial charge in [0.05, 0.1) is 16.8 Å². The number of aryl methyl sites for hydroxylation is 1. The van der Waals surface area contributed by atoms with E-state index in [1.807, 2.05) is 0 Å². The predicted octanol–water partition coefficient (Wildman–Crippen LogP) is 4.39. The molecule has 0 unspecified atom stereocenters. The molecule has 2 heterocycles. The molecule has 0 spiro atoms. The molecule has 1 amide bonds. The number of H-pyrrole nitrogens is 1. The summed E-state index contributed by atoms with van der Waals surface area (Å²) in [6.07, 6.45) is 3.14. The van der Waals surface area contributed by atoms with E-state index in [1.165, 1.54) is 31.2 Å². The fourth-order valence-electron chi connectivity index (χ4n) is 3.24. The highest BCUT2D eigenvalue weighted by molar-refractivity contribution is 6.15. The lowest BCUT2D eigenvalue weighted by Gasteiger charge is -2.04. The molecule has 0 atom stereocenters. The number of fused-ring (bicyclic) bond motifs is 2. The zero-order chi connectivity index (χ0) is 19.3. The topological polar surface area (TPSA) is 66.9 Å². The molecule has 0 aliphatic carbocycles. The number of carbonyl (C=O) groups is 2. The smallest absolute Gasteiger partial charge is 0.257 e. The van der Waals surface area contributed by atoms with Gasteiger partial charge in [0.25, 0.3) is 5.91 Å². The monoisotopic (exact) mass is 367 g/mol. The molecule has 136 valence electrons. The molecular weight excluding hydrogens is 352 g/mol. The average molecular weight is 367 g/mol. The summed E-state index contributed by atoms with van der Waals surface area (Å²) in [4.78, 5) is 27.3. The van der Waals surface area contributed by atoms with Crippen LogP contribution in [0.15, 0.2) is 42.7 Å². The standard InChI is InChI=1S/C20H15F2N3O2/c1-10(26)12-7-19-13(6-16(12)22)15(9-25(19)2)20(27)24-18-8-23-17-4-3-11(21)5-14(17)18/h3-9,23H,1-2H3,(H,24,27). The van der Waals surface area contributed by atoms with Crippen LogP contribution in [0.4, 0.5) is 14.5 Å². The number of anilines is 1. The maximum absolute atomic E-state index is 14.2. The number of ketones is 1.